The average molecular weight is 373 g/mol. The Kier molecular flexibility index (Phi) is 6.37. The molecule has 3 amide bonds. The lowest BCUT2D eigenvalue weighted by atomic mass is 9.79. The van der Waals surface area contributed by atoms with E-state index >= 15 is 0 Å². The van der Waals surface area contributed by atoms with E-state index in [1.807, 2.05) is 49.1 Å². The molecule has 0 radical (unpaired) electrons. The Morgan fingerprint density at radius 1 is 1.22 bits per heavy atom. The van der Waals surface area contributed by atoms with Crippen LogP contribution in [-0.2, 0) is 4.74 Å². The van der Waals surface area contributed by atoms with Crippen molar-refractivity contribution in [2.24, 2.45) is 5.92 Å². The lowest BCUT2D eigenvalue weighted by Gasteiger charge is -2.46. The predicted molar refractivity (Wildman–Crippen MR) is 105 cm³/mol. The molecule has 1 spiro atoms. The molecule has 2 saturated heterocycles. The van der Waals surface area contributed by atoms with Gasteiger partial charge in [-0.05, 0) is 57.6 Å². The molecule has 2 heterocycles. The van der Waals surface area contributed by atoms with E-state index in [4.69, 9.17) is 4.74 Å². The highest BCUT2D eigenvalue weighted by Crippen LogP contribution is 2.37. The summed E-state index contributed by atoms with van der Waals surface area (Å²) >= 11 is 0. The first kappa shape index (κ1) is 19.7. The van der Waals surface area contributed by atoms with E-state index in [2.05, 4.69) is 10.6 Å². The van der Waals surface area contributed by atoms with Crippen molar-refractivity contribution in [3.63, 3.8) is 0 Å². The number of benzene rings is 1. The van der Waals surface area contributed by atoms with Crippen molar-refractivity contribution in [1.29, 1.82) is 0 Å². The van der Waals surface area contributed by atoms with Crippen molar-refractivity contribution in [2.75, 3.05) is 26.2 Å². The Morgan fingerprint density at radius 2 is 1.93 bits per heavy atom. The number of hydrogen-bond acceptors (Lipinski definition) is 3. The van der Waals surface area contributed by atoms with E-state index in [9.17, 15) is 9.59 Å². The Labute approximate surface area is 161 Å². The first-order valence-corrected chi connectivity index (χ1v) is 10.0. The number of carbonyl (C=O) groups excluding carboxylic acids is 2. The standard InChI is InChI=1S/C21H31N3O3/c1-16(2)23-20(26)24-11-9-21(10-12-24)14-17(8-13-27-21)15-22-19(25)18-6-4-3-5-7-18/h3-7,16-17H,8-15H2,1-2H3,(H,22,25)(H,23,26). The molecule has 1 aromatic carbocycles. The molecule has 6 nitrogen and oxygen atoms in total. The molecule has 0 aliphatic carbocycles. The van der Waals surface area contributed by atoms with Crippen molar-refractivity contribution < 1.29 is 14.3 Å². The van der Waals surface area contributed by atoms with E-state index in [-0.39, 0.29) is 23.6 Å². The van der Waals surface area contributed by atoms with Crippen LogP contribution in [-0.4, -0.2) is 54.7 Å². The molecule has 0 aromatic heterocycles. The fourth-order valence-corrected chi connectivity index (χ4v) is 4.04. The van der Waals surface area contributed by atoms with Gasteiger partial charge in [-0.2, -0.15) is 0 Å². The van der Waals surface area contributed by atoms with Gasteiger partial charge in [0.1, 0.15) is 0 Å². The van der Waals surface area contributed by atoms with Gasteiger partial charge in [0, 0.05) is 37.8 Å². The molecule has 1 unspecified atom stereocenters. The van der Waals surface area contributed by atoms with Gasteiger partial charge in [0.05, 0.1) is 5.60 Å². The summed E-state index contributed by atoms with van der Waals surface area (Å²) in [6.07, 6.45) is 3.64. The molecule has 1 atom stereocenters. The van der Waals surface area contributed by atoms with Gasteiger partial charge in [0.15, 0.2) is 0 Å². The molecule has 27 heavy (non-hydrogen) atoms. The van der Waals surface area contributed by atoms with Crippen molar-refractivity contribution in [3.8, 4) is 0 Å². The van der Waals surface area contributed by atoms with Crippen LogP contribution in [0.1, 0.15) is 49.9 Å². The highest BCUT2D eigenvalue weighted by molar-refractivity contribution is 5.94. The number of hydrogen-bond donors (Lipinski definition) is 2. The lowest BCUT2D eigenvalue weighted by molar-refractivity contribution is -0.122. The normalized spacial score (nSPS) is 21.9. The predicted octanol–water partition coefficient (Wildman–Crippen LogP) is 2.80. The fraction of sp³-hybridized carbons (Fsp3) is 0.619. The molecule has 2 N–H and O–H groups in total. The third kappa shape index (κ3) is 5.22. The molecule has 1 aromatic rings. The van der Waals surface area contributed by atoms with Crippen LogP contribution >= 0.6 is 0 Å². The number of ether oxygens (including phenoxy) is 1. The van der Waals surface area contributed by atoms with Crippen molar-refractivity contribution in [3.05, 3.63) is 35.9 Å². The Morgan fingerprint density at radius 3 is 2.59 bits per heavy atom. The summed E-state index contributed by atoms with van der Waals surface area (Å²) in [5, 5.41) is 6.03. The number of carbonyl (C=O) groups is 2. The molecule has 3 rings (SSSR count). The van der Waals surface area contributed by atoms with E-state index in [1.54, 1.807) is 0 Å². The van der Waals surface area contributed by atoms with Crippen LogP contribution in [0.25, 0.3) is 0 Å². The van der Waals surface area contributed by atoms with Crippen LogP contribution in [0.15, 0.2) is 30.3 Å². The second-order valence-corrected chi connectivity index (χ2v) is 8.06. The molecule has 2 fully saturated rings. The van der Waals surface area contributed by atoms with Crippen molar-refractivity contribution >= 4 is 11.9 Å². The van der Waals surface area contributed by atoms with Gasteiger partial charge in [0.2, 0.25) is 0 Å². The molecule has 6 heteroatoms. The van der Waals surface area contributed by atoms with Gasteiger partial charge in [0.25, 0.3) is 5.91 Å². The highest BCUT2D eigenvalue weighted by atomic mass is 16.5. The van der Waals surface area contributed by atoms with Crippen molar-refractivity contribution in [1.82, 2.24) is 15.5 Å². The molecular formula is C21H31N3O3. The first-order valence-electron chi connectivity index (χ1n) is 10.0. The fourth-order valence-electron chi connectivity index (χ4n) is 4.04. The third-order valence-electron chi connectivity index (χ3n) is 5.56. The summed E-state index contributed by atoms with van der Waals surface area (Å²) in [6, 6.07) is 9.49. The van der Waals surface area contributed by atoms with Crippen LogP contribution in [0.2, 0.25) is 0 Å². The number of piperidine rings is 1. The van der Waals surface area contributed by atoms with Crippen LogP contribution in [0, 0.1) is 5.92 Å². The monoisotopic (exact) mass is 373 g/mol. The SMILES string of the molecule is CC(C)NC(=O)N1CCC2(CC1)CC(CNC(=O)c1ccccc1)CCO2. The topological polar surface area (TPSA) is 70.7 Å². The minimum absolute atomic E-state index is 0.0160. The minimum atomic E-state index is -0.144. The summed E-state index contributed by atoms with van der Waals surface area (Å²) in [7, 11) is 0. The smallest absolute Gasteiger partial charge is 0.317 e. The molecule has 0 saturated carbocycles. The maximum absolute atomic E-state index is 12.3. The summed E-state index contributed by atoms with van der Waals surface area (Å²) in [5.74, 6) is 0.402. The van der Waals surface area contributed by atoms with Gasteiger partial charge in [-0.15, -0.1) is 0 Å². The van der Waals surface area contributed by atoms with Gasteiger partial charge in [-0.25, -0.2) is 4.79 Å². The number of likely N-dealkylation sites (tertiary alicyclic amines) is 1. The minimum Gasteiger partial charge on any atom is -0.375 e. The van der Waals surface area contributed by atoms with Gasteiger partial charge >= 0.3 is 6.03 Å². The van der Waals surface area contributed by atoms with Crippen LogP contribution in [0.3, 0.4) is 0 Å². The summed E-state index contributed by atoms with van der Waals surface area (Å²) in [6.45, 7) is 6.80. The first-order chi connectivity index (χ1) is 13.0. The largest absolute Gasteiger partial charge is 0.375 e. The maximum atomic E-state index is 12.3. The van der Waals surface area contributed by atoms with Gasteiger partial charge < -0.3 is 20.3 Å². The Hall–Kier alpha value is -2.08. The van der Waals surface area contributed by atoms with E-state index in [1.165, 1.54) is 0 Å². The number of amides is 3. The third-order valence-corrected chi connectivity index (χ3v) is 5.56. The zero-order chi connectivity index (χ0) is 19.3. The van der Waals surface area contributed by atoms with E-state index < -0.39 is 0 Å². The second-order valence-electron chi connectivity index (χ2n) is 8.06. The molecular weight excluding hydrogens is 342 g/mol. The lowest BCUT2D eigenvalue weighted by Crippen LogP contribution is -2.54. The Bertz CT molecular complexity index is 639. The quantitative estimate of drug-likeness (QED) is 0.853. The number of nitrogens with zero attached hydrogens (tertiary/aromatic N) is 1. The summed E-state index contributed by atoms with van der Waals surface area (Å²) in [4.78, 5) is 26.3. The van der Waals surface area contributed by atoms with Gasteiger partial charge in [-0.1, -0.05) is 18.2 Å². The van der Waals surface area contributed by atoms with Crippen LogP contribution in [0.5, 0.6) is 0 Å². The zero-order valence-electron chi connectivity index (χ0n) is 16.4. The summed E-state index contributed by atoms with van der Waals surface area (Å²) in [5.41, 5.74) is 0.554. The van der Waals surface area contributed by atoms with Crippen LogP contribution in [0.4, 0.5) is 4.79 Å². The number of nitrogens with one attached hydrogen (secondary N) is 2. The molecule has 148 valence electrons. The average Bonchev–Trinajstić information content (AvgIpc) is 2.67. The number of rotatable bonds is 4. The van der Waals surface area contributed by atoms with Crippen molar-refractivity contribution in [2.45, 2.75) is 51.2 Å². The Balaban J connectivity index is 1.48. The zero-order valence-corrected chi connectivity index (χ0v) is 16.4. The second kappa shape index (κ2) is 8.74. The highest BCUT2D eigenvalue weighted by Gasteiger charge is 2.41. The molecule has 0 bridgehead atoms. The summed E-state index contributed by atoms with van der Waals surface area (Å²) < 4.78 is 6.17. The van der Waals surface area contributed by atoms with E-state index in [0.29, 0.717) is 18.0 Å². The molecule has 2 aliphatic heterocycles. The molecule has 2 aliphatic rings. The maximum Gasteiger partial charge on any atom is 0.317 e. The van der Waals surface area contributed by atoms with Crippen LogP contribution < -0.4 is 10.6 Å². The van der Waals surface area contributed by atoms with Gasteiger partial charge in [-0.3, -0.25) is 4.79 Å². The van der Waals surface area contributed by atoms with E-state index in [0.717, 1.165) is 45.4 Å². The number of urea groups is 1.